The van der Waals surface area contributed by atoms with Crippen molar-refractivity contribution in [3.05, 3.63) is 66.2 Å². The van der Waals surface area contributed by atoms with Crippen LogP contribution in [0.15, 0.2) is 60.7 Å². The minimum atomic E-state index is -0.973. The molecule has 4 bridgehead atoms. The maximum Gasteiger partial charge on any atom is 0.275 e. The summed E-state index contributed by atoms with van der Waals surface area (Å²) in [5, 5.41) is 12.1. The number of hydrogen-bond donors (Lipinski definition) is 3. The number of amides is 1. The van der Waals surface area contributed by atoms with Gasteiger partial charge in [-0.1, -0.05) is 42.5 Å². The summed E-state index contributed by atoms with van der Waals surface area (Å²) in [6.45, 7) is 0. The van der Waals surface area contributed by atoms with Gasteiger partial charge in [0, 0.05) is 33.4 Å². The number of carbonyl (C=O) groups excluding carboxylic acids is 1. The van der Waals surface area contributed by atoms with Gasteiger partial charge in [0.25, 0.3) is 5.91 Å². The normalized spacial score (nSPS) is 16.8. The molecular weight excluding hydrogens is 274 g/mol. The molecule has 0 aromatic heterocycles. The Balaban J connectivity index is 1.84. The van der Waals surface area contributed by atoms with Crippen LogP contribution >= 0.6 is 0 Å². The van der Waals surface area contributed by atoms with Crippen molar-refractivity contribution in [3.63, 3.8) is 0 Å². The number of anilines is 3. The van der Waals surface area contributed by atoms with Crippen LogP contribution in [0, 0.1) is 0 Å². The molecule has 4 heteroatoms. The molecule has 0 atom stereocenters. The van der Waals surface area contributed by atoms with Gasteiger partial charge in [0.1, 0.15) is 0 Å². The van der Waals surface area contributed by atoms with E-state index in [0.29, 0.717) is 0 Å². The maximum atomic E-state index is 12.8. The highest BCUT2D eigenvalue weighted by Gasteiger charge is 2.48. The topological polar surface area (TPSA) is 53.2 Å². The molecule has 3 N–H and O–H groups in total. The maximum absolute atomic E-state index is 12.8. The summed E-state index contributed by atoms with van der Waals surface area (Å²) in [5.41, 5.74) is 2.70. The van der Waals surface area contributed by atoms with E-state index in [-0.39, 0.29) is 5.91 Å². The van der Waals surface area contributed by atoms with Crippen molar-refractivity contribution >= 4 is 33.7 Å². The first-order chi connectivity index (χ1) is 10.8. The summed E-state index contributed by atoms with van der Waals surface area (Å²) in [6.07, 6.45) is 0. The fourth-order valence-electron chi connectivity index (χ4n) is 3.47. The van der Waals surface area contributed by atoms with Crippen molar-refractivity contribution in [2.75, 3.05) is 16.0 Å². The van der Waals surface area contributed by atoms with Crippen LogP contribution in [0.3, 0.4) is 0 Å². The summed E-state index contributed by atoms with van der Waals surface area (Å²) in [7, 11) is 0. The van der Waals surface area contributed by atoms with Gasteiger partial charge in [0.2, 0.25) is 5.66 Å². The Morgan fingerprint density at radius 1 is 0.682 bits per heavy atom. The van der Waals surface area contributed by atoms with Crippen molar-refractivity contribution in [2.45, 2.75) is 5.66 Å². The second-order valence-corrected chi connectivity index (χ2v) is 5.71. The number of rotatable bonds is 0. The van der Waals surface area contributed by atoms with Gasteiger partial charge in [-0.25, -0.2) is 0 Å². The molecule has 106 valence electrons. The molecular formula is C18H13N3O. The van der Waals surface area contributed by atoms with E-state index >= 15 is 0 Å². The largest absolute Gasteiger partial charge is 0.351 e. The minimum absolute atomic E-state index is 0.0881. The van der Waals surface area contributed by atoms with Gasteiger partial charge in [0.15, 0.2) is 0 Å². The van der Waals surface area contributed by atoms with Gasteiger partial charge < -0.3 is 16.0 Å². The van der Waals surface area contributed by atoms with E-state index in [1.54, 1.807) is 0 Å². The van der Waals surface area contributed by atoms with Crippen LogP contribution in [-0.2, 0) is 10.5 Å². The highest BCUT2D eigenvalue weighted by molar-refractivity contribution is 6.13. The van der Waals surface area contributed by atoms with Gasteiger partial charge in [-0.05, 0) is 18.2 Å². The molecule has 3 aromatic carbocycles. The number of nitrogens with one attached hydrogen (secondary N) is 3. The van der Waals surface area contributed by atoms with E-state index in [1.807, 2.05) is 48.5 Å². The van der Waals surface area contributed by atoms with Crippen molar-refractivity contribution < 1.29 is 4.79 Å². The van der Waals surface area contributed by atoms with E-state index < -0.39 is 5.66 Å². The lowest BCUT2D eigenvalue weighted by molar-refractivity contribution is -0.119. The molecule has 0 saturated carbocycles. The van der Waals surface area contributed by atoms with Crippen LogP contribution in [0.4, 0.5) is 17.1 Å². The average molecular weight is 287 g/mol. The lowest BCUT2D eigenvalue weighted by atomic mass is 10.0. The van der Waals surface area contributed by atoms with E-state index in [9.17, 15) is 4.79 Å². The second kappa shape index (κ2) is 3.80. The molecule has 2 aliphatic heterocycles. The highest BCUT2D eigenvalue weighted by atomic mass is 16.2. The molecule has 2 heterocycles. The summed E-state index contributed by atoms with van der Waals surface area (Å²) in [4.78, 5) is 12.8. The van der Waals surface area contributed by atoms with E-state index in [0.717, 1.165) is 33.4 Å². The first kappa shape index (κ1) is 11.6. The SMILES string of the molecule is O=C1Nc2ccccc2C12Nc1cccc3c(cccc13)N2. The first-order valence-electron chi connectivity index (χ1n) is 7.27. The molecule has 5 rings (SSSR count). The number of para-hydroxylation sites is 1. The summed E-state index contributed by atoms with van der Waals surface area (Å²) >= 11 is 0. The number of hydrogen-bond acceptors (Lipinski definition) is 3. The fourth-order valence-corrected chi connectivity index (χ4v) is 3.47. The predicted molar refractivity (Wildman–Crippen MR) is 87.9 cm³/mol. The van der Waals surface area contributed by atoms with Crippen LogP contribution in [-0.4, -0.2) is 5.91 Å². The molecule has 2 aliphatic rings. The van der Waals surface area contributed by atoms with Crippen LogP contribution in [0.25, 0.3) is 10.8 Å². The Morgan fingerprint density at radius 2 is 1.27 bits per heavy atom. The number of carbonyl (C=O) groups is 1. The lowest BCUT2D eigenvalue weighted by Gasteiger charge is -2.30. The zero-order valence-electron chi connectivity index (χ0n) is 11.7. The van der Waals surface area contributed by atoms with Gasteiger partial charge >= 0.3 is 0 Å². The van der Waals surface area contributed by atoms with E-state index in [2.05, 4.69) is 28.1 Å². The zero-order chi connectivity index (χ0) is 14.7. The third-order valence-corrected chi connectivity index (χ3v) is 4.49. The van der Waals surface area contributed by atoms with Crippen molar-refractivity contribution in [1.29, 1.82) is 0 Å². The molecule has 0 fully saturated rings. The van der Waals surface area contributed by atoms with Gasteiger partial charge in [0.05, 0.1) is 0 Å². The quantitative estimate of drug-likeness (QED) is 0.593. The number of fused-ring (bicyclic) bond motifs is 2. The number of benzene rings is 3. The molecule has 1 spiro atoms. The van der Waals surface area contributed by atoms with Gasteiger partial charge in [-0.15, -0.1) is 0 Å². The van der Waals surface area contributed by atoms with Crippen LogP contribution in [0.2, 0.25) is 0 Å². The van der Waals surface area contributed by atoms with Crippen LogP contribution < -0.4 is 16.0 Å². The van der Waals surface area contributed by atoms with Crippen LogP contribution in [0.1, 0.15) is 5.56 Å². The van der Waals surface area contributed by atoms with Crippen molar-refractivity contribution in [3.8, 4) is 0 Å². The smallest absolute Gasteiger partial charge is 0.275 e. The third kappa shape index (κ3) is 1.29. The highest BCUT2D eigenvalue weighted by Crippen LogP contribution is 2.44. The Bertz CT molecular complexity index is 903. The summed E-state index contributed by atoms with van der Waals surface area (Å²) in [6, 6.07) is 20.0. The second-order valence-electron chi connectivity index (χ2n) is 5.71. The molecule has 1 amide bonds. The predicted octanol–water partition coefficient (Wildman–Crippen LogP) is 3.48. The molecule has 0 unspecified atom stereocenters. The zero-order valence-corrected chi connectivity index (χ0v) is 11.7. The van der Waals surface area contributed by atoms with Crippen molar-refractivity contribution in [1.82, 2.24) is 0 Å². The van der Waals surface area contributed by atoms with E-state index in [4.69, 9.17) is 0 Å². The Labute approximate surface area is 127 Å². The molecule has 0 aliphatic carbocycles. The average Bonchev–Trinajstić information content (AvgIpc) is 2.82. The molecule has 22 heavy (non-hydrogen) atoms. The first-order valence-corrected chi connectivity index (χ1v) is 7.27. The third-order valence-electron chi connectivity index (χ3n) is 4.49. The molecule has 3 aromatic rings. The Kier molecular flexibility index (Phi) is 2.01. The van der Waals surface area contributed by atoms with Gasteiger partial charge in [-0.3, -0.25) is 4.79 Å². The van der Waals surface area contributed by atoms with Crippen molar-refractivity contribution in [2.24, 2.45) is 0 Å². The lowest BCUT2D eigenvalue weighted by Crippen LogP contribution is -2.48. The molecule has 4 nitrogen and oxygen atoms in total. The fraction of sp³-hybridized carbons (Fsp3) is 0.0556. The Morgan fingerprint density at radius 3 is 1.95 bits per heavy atom. The van der Waals surface area contributed by atoms with Gasteiger partial charge in [-0.2, -0.15) is 0 Å². The summed E-state index contributed by atoms with van der Waals surface area (Å²) in [5.74, 6) is -0.0881. The minimum Gasteiger partial charge on any atom is -0.351 e. The van der Waals surface area contributed by atoms with E-state index in [1.165, 1.54) is 0 Å². The standard InChI is InChI=1S/C18H13N3O/c22-17-18(13-7-1-2-8-16(13)19-17)20-14-9-3-5-11-12(14)6-4-10-15(11)21-18/h1-10,20-21H,(H,19,22). The van der Waals surface area contributed by atoms with Crippen LogP contribution in [0.5, 0.6) is 0 Å². The molecule has 0 saturated heterocycles. The Hall–Kier alpha value is -3.01. The monoisotopic (exact) mass is 287 g/mol. The summed E-state index contributed by atoms with van der Waals surface area (Å²) < 4.78 is 0. The molecule has 0 radical (unpaired) electrons.